The maximum Gasteiger partial charge on any atom is 0.260 e. The number of pyridine rings is 1. The summed E-state index contributed by atoms with van der Waals surface area (Å²) in [5.41, 5.74) is 2.04. The van der Waals surface area contributed by atoms with Crippen LogP contribution in [-0.2, 0) is 0 Å². The van der Waals surface area contributed by atoms with Gasteiger partial charge in [0.25, 0.3) is 5.91 Å². The number of aromatic nitrogens is 2. The van der Waals surface area contributed by atoms with Crippen LogP contribution in [0.3, 0.4) is 0 Å². The van der Waals surface area contributed by atoms with Crippen LogP contribution < -0.4 is 10.1 Å². The summed E-state index contributed by atoms with van der Waals surface area (Å²) in [6, 6.07) is 17.0. The largest absolute Gasteiger partial charge is 0.493 e. The Labute approximate surface area is 154 Å². The highest BCUT2D eigenvalue weighted by molar-refractivity contribution is 7.13. The van der Waals surface area contributed by atoms with Gasteiger partial charge in [-0.3, -0.25) is 9.20 Å². The standard InChI is InChI=1S/C20H17N3O2S/c1-2-25-15-9-4-3-8-14(15)20(24)22-19-18(16-10-7-13-26-16)21-17-11-5-6-12-23(17)19/h3-13H,2H2,1H3,(H,22,24). The van der Waals surface area contributed by atoms with Gasteiger partial charge < -0.3 is 10.1 Å². The molecule has 1 amide bonds. The molecule has 1 N–H and O–H groups in total. The first-order valence-electron chi connectivity index (χ1n) is 8.32. The number of carbonyl (C=O) groups is 1. The lowest BCUT2D eigenvalue weighted by Gasteiger charge is -2.11. The van der Waals surface area contributed by atoms with E-state index in [1.54, 1.807) is 23.5 Å². The smallest absolute Gasteiger partial charge is 0.260 e. The maximum absolute atomic E-state index is 12.9. The Morgan fingerprint density at radius 3 is 2.81 bits per heavy atom. The minimum absolute atomic E-state index is 0.225. The lowest BCUT2D eigenvalue weighted by atomic mass is 10.2. The Morgan fingerprint density at radius 1 is 1.15 bits per heavy atom. The molecule has 0 radical (unpaired) electrons. The molecule has 6 heteroatoms. The molecule has 0 fully saturated rings. The highest BCUT2D eigenvalue weighted by Crippen LogP contribution is 2.32. The SMILES string of the molecule is CCOc1ccccc1C(=O)Nc1c(-c2cccs2)nc2ccccn12. The summed E-state index contributed by atoms with van der Waals surface area (Å²) in [5, 5.41) is 5.02. The van der Waals surface area contributed by atoms with E-state index in [0.29, 0.717) is 23.7 Å². The second-order valence-corrected chi connectivity index (χ2v) is 6.55. The average Bonchev–Trinajstić information content (AvgIpc) is 3.31. The zero-order valence-electron chi connectivity index (χ0n) is 14.2. The van der Waals surface area contributed by atoms with E-state index in [1.807, 2.05) is 65.4 Å². The molecule has 0 atom stereocenters. The first-order valence-corrected chi connectivity index (χ1v) is 9.20. The van der Waals surface area contributed by atoms with Crippen molar-refractivity contribution in [1.29, 1.82) is 0 Å². The molecule has 1 aromatic carbocycles. The van der Waals surface area contributed by atoms with Gasteiger partial charge in [0, 0.05) is 6.20 Å². The number of hydrogen-bond acceptors (Lipinski definition) is 4. The van der Waals surface area contributed by atoms with E-state index in [9.17, 15) is 4.79 Å². The van der Waals surface area contributed by atoms with Crippen LogP contribution in [0.15, 0.2) is 66.2 Å². The first-order chi connectivity index (χ1) is 12.8. The van der Waals surface area contributed by atoms with E-state index in [-0.39, 0.29) is 5.91 Å². The van der Waals surface area contributed by atoms with Crippen molar-refractivity contribution >= 4 is 28.7 Å². The fourth-order valence-corrected chi connectivity index (χ4v) is 3.53. The van der Waals surface area contributed by atoms with Crippen LogP contribution >= 0.6 is 11.3 Å². The second kappa shape index (κ2) is 7.01. The van der Waals surface area contributed by atoms with Crippen LogP contribution in [0.5, 0.6) is 5.75 Å². The summed E-state index contributed by atoms with van der Waals surface area (Å²) in [7, 11) is 0. The Hall–Kier alpha value is -3.12. The fourth-order valence-electron chi connectivity index (χ4n) is 2.81. The zero-order chi connectivity index (χ0) is 17.9. The van der Waals surface area contributed by atoms with E-state index < -0.39 is 0 Å². The number of para-hydroxylation sites is 1. The molecule has 0 unspecified atom stereocenters. The topological polar surface area (TPSA) is 55.6 Å². The Morgan fingerprint density at radius 2 is 2.00 bits per heavy atom. The summed E-state index contributed by atoms with van der Waals surface area (Å²) in [6.07, 6.45) is 1.89. The molecule has 0 saturated carbocycles. The lowest BCUT2D eigenvalue weighted by molar-refractivity contribution is 0.102. The molecule has 5 nitrogen and oxygen atoms in total. The molecular formula is C20H17N3O2S. The summed E-state index contributed by atoms with van der Waals surface area (Å²) in [5.74, 6) is 0.996. The highest BCUT2D eigenvalue weighted by Gasteiger charge is 2.19. The average molecular weight is 363 g/mol. The summed E-state index contributed by atoms with van der Waals surface area (Å²) < 4.78 is 7.47. The van der Waals surface area contributed by atoms with Gasteiger partial charge in [0.15, 0.2) is 0 Å². The summed E-state index contributed by atoms with van der Waals surface area (Å²) >= 11 is 1.59. The molecule has 0 bridgehead atoms. The van der Waals surface area contributed by atoms with Crippen LogP contribution in [0, 0.1) is 0 Å². The molecule has 26 heavy (non-hydrogen) atoms. The third-order valence-corrected chi connectivity index (χ3v) is 4.82. The Balaban J connectivity index is 1.78. The van der Waals surface area contributed by atoms with E-state index >= 15 is 0 Å². The molecule has 130 valence electrons. The molecule has 0 spiro atoms. The number of fused-ring (bicyclic) bond motifs is 1. The number of anilines is 1. The van der Waals surface area contributed by atoms with E-state index in [0.717, 1.165) is 16.2 Å². The molecule has 0 saturated heterocycles. The second-order valence-electron chi connectivity index (χ2n) is 5.60. The predicted octanol–water partition coefficient (Wildman–Crippen LogP) is 4.71. The van der Waals surface area contributed by atoms with Gasteiger partial charge in [-0.2, -0.15) is 0 Å². The highest BCUT2D eigenvalue weighted by atomic mass is 32.1. The number of nitrogens with one attached hydrogen (secondary N) is 1. The number of ether oxygens (including phenoxy) is 1. The van der Waals surface area contributed by atoms with Gasteiger partial charge in [-0.1, -0.05) is 24.3 Å². The molecule has 0 aliphatic carbocycles. The first kappa shape index (κ1) is 16.4. The van der Waals surface area contributed by atoms with Crippen molar-refractivity contribution in [2.75, 3.05) is 11.9 Å². The van der Waals surface area contributed by atoms with Crippen LogP contribution in [0.2, 0.25) is 0 Å². The molecule has 3 heterocycles. The summed E-state index contributed by atoms with van der Waals surface area (Å²) in [6.45, 7) is 2.40. The number of benzene rings is 1. The monoisotopic (exact) mass is 363 g/mol. The van der Waals surface area contributed by atoms with Crippen molar-refractivity contribution in [1.82, 2.24) is 9.38 Å². The number of thiophene rings is 1. The van der Waals surface area contributed by atoms with Gasteiger partial charge in [-0.25, -0.2) is 4.98 Å². The molecule has 0 aliphatic rings. The lowest BCUT2D eigenvalue weighted by Crippen LogP contribution is -2.15. The molecule has 4 aromatic rings. The molecule has 4 rings (SSSR count). The number of imidazole rings is 1. The van der Waals surface area contributed by atoms with E-state index in [1.165, 1.54) is 0 Å². The van der Waals surface area contributed by atoms with E-state index in [2.05, 4.69) is 10.3 Å². The molecule has 3 aromatic heterocycles. The van der Waals surface area contributed by atoms with Crippen LogP contribution in [0.25, 0.3) is 16.2 Å². The predicted molar refractivity (Wildman–Crippen MR) is 104 cm³/mol. The van der Waals surface area contributed by atoms with Crippen LogP contribution in [-0.4, -0.2) is 21.9 Å². The van der Waals surface area contributed by atoms with Crippen LogP contribution in [0.1, 0.15) is 17.3 Å². The van der Waals surface area contributed by atoms with Crippen molar-refractivity contribution < 1.29 is 9.53 Å². The number of hydrogen-bond donors (Lipinski definition) is 1. The Kier molecular flexibility index (Phi) is 4.41. The van der Waals surface area contributed by atoms with Crippen molar-refractivity contribution in [3.05, 3.63) is 71.7 Å². The zero-order valence-corrected chi connectivity index (χ0v) is 15.0. The normalized spacial score (nSPS) is 10.8. The van der Waals surface area contributed by atoms with Gasteiger partial charge in [-0.15, -0.1) is 11.3 Å². The van der Waals surface area contributed by atoms with Gasteiger partial charge in [0.05, 0.1) is 17.0 Å². The fraction of sp³-hybridized carbons (Fsp3) is 0.100. The third-order valence-electron chi connectivity index (χ3n) is 3.95. The van der Waals surface area contributed by atoms with Crippen molar-refractivity contribution in [3.63, 3.8) is 0 Å². The number of rotatable bonds is 5. The number of carbonyl (C=O) groups excluding carboxylic acids is 1. The van der Waals surface area contributed by atoms with Gasteiger partial charge in [0.1, 0.15) is 22.9 Å². The van der Waals surface area contributed by atoms with Crippen molar-refractivity contribution in [2.24, 2.45) is 0 Å². The molecule has 0 aliphatic heterocycles. The van der Waals surface area contributed by atoms with Gasteiger partial charge in [0.2, 0.25) is 0 Å². The van der Waals surface area contributed by atoms with Gasteiger partial charge >= 0.3 is 0 Å². The minimum atomic E-state index is -0.225. The van der Waals surface area contributed by atoms with E-state index in [4.69, 9.17) is 4.74 Å². The third kappa shape index (κ3) is 2.95. The number of amides is 1. The maximum atomic E-state index is 12.9. The Bertz CT molecular complexity index is 1050. The minimum Gasteiger partial charge on any atom is -0.493 e. The quantitative estimate of drug-likeness (QED) is 0.558. The van der Waals surface area contributed by atoms with Crippen molar-refractivity contribution in [3.8, 4) is 16.3 Å². The number of nitrogens with zero attached hydrogens (tertiary/aromatic N) is 2. The van der Waals surface area contributed by atoms with Crippen molar-refractivity contribution in [2.45, 2.75) is 6.92 Å². The van der Waals surface area contributed by atoms with Gasteiger partial charge in [-0.05, 0) is 42.6 Å². The van der Waals surface area contributed by atoms with Crippen LogP contribution in [0.4, 0.5) is 5.82 Å². The summed E-state index contributed by atoms with van der Waals surface area (Å²) in [4.78, 5) is 18.6. The molecular weight excluding hydrogens is 346 g/mol.